The van der Waals surface area contributed by atoms with Gasteiger partial charge in [0.05, 0.1) is 12.5 Å². The number of carbonyl (C=O) groups is 1. The van der Waals surface area contributed by atoms with Crippen LogP contribution in [0.25, 0.3) is 0 Å². The van der Waals surface area contributed by atoms with E-state index in [-0.39, 0.29) is 11.9 Å². The SMILES string of the molecule is O=C1OC[C@@H]2C(c3ccccc3)[C@H]12. The lowest BCUT2D eigenvalue weighted by atomic mass is 10.1. The molecule has 1 saturated heterocycles. The molecule has 0 radical (unpaired) electrons. The summed E-state index contributed by atoms with van der Waals surface area (Å²) in [5.41, 5.74) is 1.29. The van der Waals surface area contributed by atoms with Gasteiger partial charge in [0.2, 0.25) is 0 Å². The van der Waals surface area contributed by atoms with E-state index in [0.29, 0.717) is 18.4 Å². The van der Waals surface area contributed by atoms with Crippen molar-refractivity contribution in [1.82, 2.24) is 0 Å². The summed E-state index contributed by atoms with van der Waals surface area (Å²) in [6.07, 6.45) is 0. The molecule has 13 heavy (non-hydrogen) atoms. The maximum atomic E-state index is 11.2. The largest absolute Gasteiger partial charge is 0.465 e. The van der Waals surface area contributed by atoms with Gasteiger partial charge in [-0.05, 0) is 5.56 Å². The number of benzene rings is 1. The molecule has 0 N–H and O–H groups in total. The Morgan fingerprint density at radius 1 is 1.15 bits per heavy atom. The minimum atomic E-state index is -0.00106. The third kappa shape index (κ3) is 0.916. The van der Waals surface area contributed by atoms with Gasteiger partial charge in [0.1, 0.15) is 0 Å². The molecule has 2 aliphatic rings. The van der Waals surface area contributed by atoms with Gasteiger partial charge in [0.25, 0.3) is 0 Å². The summed E-state index contributed by atoms with van der Waals surface area (Å²) < 4.78 is 4.93. The van der Waals surface area contributed by atoms with E-state index in [2.05, 4.69) is 12.1 Å². The highest BCUT2D eigenvalue weighted by atomic mass is 16.5. The first-order valence-corrected chi connectivity index (χ1v) is 4.59. The van der Waals surface area contributed by atoms with Crippen molar-refractivity contribution in [2.24, 2.45) is 11.8 Å². The van der Waals surface area contributed by atoms with Gasteiger partial charge in [-0.2, -0.15) is 0 Å². The Morgan fingerprint density at radius 2 is 1.92 bits per heavy atom. The first-order chi connectivity index (χ1) is 6.38. The molecule has 0 aromatic heterocycles. The predicted octanol–water partition coefficient (Wildman–Crippen LogP) is 1.57. The van der Waals surface area contributed by atoms with Crippen molar-refractivity contribution in [2.45, 2.75) is 5.92 Å². The smallest absolute Gasteiger partial charge is 0.310 e. The van der Waals surface area contributed by atoms with E-state index in [1.54, 1.807) is 0 Å². The quantitative estimate of drug-likeness (QED) is 0.604. The minimum absolute atomic E-state index is 0.00106. The molecule has 3 rings (SSSR count). The molecular formula is C11H10O2. The van der Waals surface area contributed by atoms with E-state index in [1.807, 2.05) is 18.2 Å². The van der Waals surface area contributed by atoms with Gasteiger partial charge >= 0.3 is 5.97 Å². The van der Waals surface area contributed by atoms with Gasteiger partial charge in [-0.3, -0.25) is 4.79 Å². The van der Waals surface area contributed by atoms with Gasteiger partial charge in [-0.25, -0.2) is 0 Å². The van der Waals surface area contributed by atoms with Gasteiger partial charge in [0, 0.05) is 11.8 Å². The molecule has 0 bridgehead atoms. The normalized spacial score (nSPS) is 35.4. The van der Waals surface area contributed by atoms with Crippen molar-refractivity contribution in [3.8, 4) is 0 Å². The van der Waals surface area contributed by atoms with Crippen molar-refractivity contribution in [3.63, 3.8) is 0 Å². The average molecular weight is 174 g/mol. The highest BCUT2D eigenvalue weighted by molar-refractivity contribution is 5.80. The number of rotatable bonds is 1. The molecule has 1 unspecified atom stereocenters. The zero-order valence-electron chi connectivity index (χ0n) is 7.14. The summed E-state index contributed by atoms with van der Waals surface area (Å²) >= 11 is 0. The number of esters is 1. The van der Waals surface area contributed by atoms with Gasteiger partial charge in [-0.15, -0.1) is 0 Å². The van der Waals surface area contributed by atoms with Crippen molar-refractivity contribution in [3.05, 3.63) is 35.9 Å². The third-order valence-electron chi connectivity index (χ3n) is 3.04. The lowest BCUT2D eigenvalue weighted by molar-refractivity contribution is -0.141. The molecule has 2 heteroatoms. The monoisotopic (exact) mass is 174 g/mol. The summed E-state index contributed by atoms with van der Waals surface area (Å²) in [4.78, 5) is 11.2. The van der Waals surface area contributed by atoms with Crippen LogP contribution in [0.4, 0.5) is 0 Å². The number of ether oxygens (including phenoxy) is 1. The van der Waals surface area contributed by atoms with E-state index in [0.717, 1.165) is 0 Å². The molecule has 1 aromatic rings. The predicted molar refractivity (Wildman–Crippen MR) is 47.1 cm³/mol. The first-order valence-electron chi connectivity index (χ1n) is 4.59. The number of cyclic esters (lactones) is 1. The molecule has 2 fully saturated rings. The van der Waals surface area contributed by atoms with Crippen LogP contribution in [-0.4, -0.2) is 12.6 Å². The zero-order valence-corrected chi connectivity index (χ0v) is 7.14. The summed E-state index contributed by atoms with van der Waals surface area (Å²) in [6, 6.07) is 10.2. The van der Waals surface area contributed by atoms with E-state index < -0.39 is 0 Å². The topological polar surface area (TPSA) is 26.3 Å². The Bertz CT molecular complexity index is 344. The fraction of sp³-hybridized carbons (Fsp3) is 0.364. The molecule has 1 aliphatic heterocycles. The molecule has 66 valence electrons. The summed E-state index contributed by atoms with van der Waals surface area (Å²) in [7, 11) is 0. The van der Waals surface area contributed by atoms with Crippen LogP contribution in [0, 0.1) is 11.8 Å². The lowest BCUT2D eigenvalue weighted by Gasteiger charge is -2.03. The van der Waals surface area contributed by atoms with Gasteiger partial charge < -0.3 is 4.74 Å². The molecule has 1 aliphatic carbocycles. The Kier molecular flexibility index (Phi) is 1.29. The standard InChI is InChI=1S/C11H10O2/c12-11-10-8(6-13-11)9(10)7-4-2-1-3-5-7/h1-5,8-10H,6H2/t8-,9?,10-/m1/s1. The van der Waals surface area contributed by atoms with Crippen LogP contribution in [0.2, 0.25) is 0 Å². The van der Waals surface area contributed by atoms with E-state index >= 15 is 0 Å². The number of carbonyl (C=O) groups excluding carboxylic acids is 1. The van der Waals surface area contributed by atoms with E-state index in [9.17, 15) is 4.79 Å². The first kappa shape index (κ1) is 7.13. The minimum Gasteiger partial charge on any atom is -0.465 e. The molecule has 1 saturated carbocycles. The Balaban J connectivity index is 1.88. The molecule has 1 heterocycles. The zero-order chi connectivity index (χ0) is 8.84. The molecule has 3 atom stereocenters. The Labute approximate surface area is 76.5 Å². The highest BCUT2D eigenvalue weighted by Crippen LogP contribution is 2.57. The maximum absolute atomic E-state index is 11.2. The summed E-state index contributed by atoms with van der Waals surface area (Å²) in [6.45, 7) is 0.628. The number of hydrogen-bond acceptors (Lipinski definition) is 2. The van der Waals surface area contributed by atoms with E-state index in [1.165, 1.54) is 5.56 Å². The Hall–Kier alpha value is -1.31. The summed E-state index contributed by atoms with van der Waals surface area (Å²) in [5, 5.41) is 0. The molecule has 0 spiro atoms. The second-order valence-corrected chi connectivity index (χ2v) is 3.76. The van der Waals surface area contributed by atoms with Crippen LogP contribution < -0.4 is 0 Å². The second kappa shape index (κ2) is 2.34. The van der Waals surface area contributed by atoms with Crippen LogP contribution in [0.5, 0.6) is 0 Å². The van der Waals surface area contributed by atoms with Crippen molar-refractivity contribution in [2.75, 3.05) is 6.61 Å². The van der Waals surface area contributed by atoms with Gasteiger partial charge in [-0.1, -0.05) is 30.3 Å². The van der Waals surface area contributed by atoms with Crippen LogP contribution in [-0.2, 0) is 9.53 Å². The molecule has 1 aromatic carbocycles. The van der Waals surface area contributed by atoms with Crippen LogP contribution >= 0.6 is 0 Å². The molecular weight excluding hydrogens is 164 g/mol. The molecule has 2 nitrogen and oxygen atoms in total. The molecule has 0 amide bonds. The van der Waals surface area contributed by atoms with Crippen molar-refractivity contribution < 1.29 is 9.53 Å². The van der Waals surface area contributed by atoms with Crippen LogP contribution in [0.15, 0.2) is 30.3 Å². The highest BCUT2D eigenvalue weighted by Gasteiger charge is 2.60. The average Bonchev–Trinajstić information content (AvgIpc) is 2.80. The Morgan fingerprint density at radius 3 is 2.54 bits per heavy atom. The third-order valence-corrected chi connectivity index (χ3v) is 3.04. The number of hydrogen-bond donors (Lipinski definition) is 0. The fourth-order valence-corrected chi connectivity index (χ4v) is 2.31. The lowest BCUT2D eigenvalue weighted by Crippen LogP contribution is -2.03. The fourth-order valence-electron chi connectivity index (χ4n) is 2.31. The van der Waals surface area contributed by atoms with E-state index in [4.69, 9.17) is 4.74 Å². The van der Waals surface area contributed by atoms with Crippen LogP contribution in [0.3, 0.4) is 0 Å². The summed E-state index contributed by atoms with van der Waals surface area (Å²) in [5.74, 6) is 1.08. The van der Waals surface area contributed by atoms with Crippen LogP contribution in [0.1, 0.15) is 11.5 Å². The maximum Gasteiger partial charge on any atom is 0.310 e. The number of fused-ring (bicyclic) bond motifs is 1. The second-order valence-electron chi connectivity index (χ2n) is 3.76. The van der Waals surface area contributed by atoms with Crippen molar-refractivity contribution >= 4 is 5.97 Å². The van der Waals surface area contributed by atoms with Gasteiger partial charge in [0.15, 0.2) is 0 Å². The van der Waals surface area contributed by atoms with Crippen molar-refractivity contribution in [1.29, 1.82) is 0 Å².